The number of amides is 1. The van der Waals surface area contributed by atoms with Crippen LogP contribution < -0.4 is 5.32 Å². The molecule has 2 saturated heterocycles. The number of fused-ring (bicyclic) bond motifs is 2. The summed E-state index contributed by atoms with van der Waals surface area (Å²) in [5, 5.41) is 18.1. The third-order valence-corrected chi connectivity index (χ3v) is 5.31. The number of nitrogens with zero attached hydrogens (tertiary/aromatic N) is 4. The molecule has 126 valence electrons. The number of nitrogens with one attached hydrogen (secondary N) is 1. The summed E-state index contributed by atoms with van der Waals surface area (Å²) in [6.45, 7) is 3.29. The molecule has 3 unspecified atom stereocenters. The van der Waals surface area contributed by atoms with E-state index in [1.165, 1.54) is 23.7 Å². The lowest BCUT2D eigenvalue weighted by atomic mass is 9.98. The van der Waals surface area contributed by atoms with Crippen LogP contribution in [0.4, 0.5) is 5.69 Å². The topological polar surface area (TPSA) is 93.3 Å². The Bertz CT molecular complexity index is 615. The predicted molar refractivity (Wildman–Crippen MR) is 84.1 cm³/mol. The van der Waals surface area contributed by atoms with E-state index >= 15 is 0 Å². The normalized spacial score (nSPS) is 28.6. The van der Waals surface area contributed by atoms with E-state index in [-0.39, 0.29) is 17.6 Å². The highest BCUT2D eigenvalue weighted by molar-refractivity contribution is 5.80. The second-order valence-corrected chi connectivity index (χ2v) is 6.74. The van der Waals surface area contributed by atoms with Crippen LogP contribution in [0.1, 0.15) is 44.3 Å². The van der Waals surface area contributed by atoms with Crippen LogP contribution in [0.2, 0.25) is 0 Å². The number of carbonyl (C=O) groups excluding carboxylic acids is 1. The van der Waals surface area contributed by atoms with Gasteiger partial charge in [0, 0.05) is 18.1 Å². The second kappa shape index (κ2) is 5.92. The smallest absolute Gasteiger partial charge is 0.309 e. The largest absolute Gasteiger partial charge is 0.351 e. The summed E-state index contributed by atoms with van der Waals surface area (Å²) in [6, 6.07) is 0.745. The van der Waals surface area contributed by atoms with Gasteiger partial charge in [-0.3, -0.25) is 19.6 Å². The average Bonchev–Trinajstić information content (AvgIpc) is 2.95. The highest BCUT2D eigenvalue weighted by Crippen LogP contribution is 2.34. The van der Waals surface area contributed by atoms with Crippen molar-refractivity contribution in [2.75, 3.05) is 7.05 Å². The molecule has 3 rings (SSSR count). The van der Waals surface area contributed by atoms with Gasteiger partial charge in [0.1, 0.15) is 17.9 Å². The van der Waals surface area contributed by atoms with Crippen LogP contribution in [-0.2, 0) is 4.79 Å². The van der Waals surface area contributed by atoms with E-state index in [1.807, 2.05) is 0 Å². The molecular formula is C15H23N5O3. The van der Waals surface area contributed by atoms with E-state index < -0.39 is 11.0 Å². The fourth-order valence-electron chi connectivity index (χ4n) is 3.82. The van der Waals surface area contributed by atoms with Gasteiger partial charge in [0.05, 0.1) is 4.92 Å². The zero-order valence-corrected chi connectivity index (χ0v) is 13.7. The van der Waals surface area contributed by atoms with Crippen molar-refractivity contribution >= 4 is 11.6 Å². The molecule has 2 fully saturated rings. The maximum atomic E-state index is 12.5. The van der Waals surface area contributed by atoms with Gasteiger partial charge >= 0.3 is 5.69 Å². The second-order valence-electron chi connectivity index (χ2n) is 6.74. The van der Waals surface area contributed by atoms with Gasteiger partial charge < -0.3 is 10.2 Å². The molecule has 2 aliphatic heterocycles. The monoisotopic (exact) mass is 321 g/mol. The summed E-state index contributed by atoms with van der Waals surface area (Å²) >= 11 is 0. The first kappa shape index (κ1) is 15.9. The van der Waals surface area contributed by atoms with Crippen molar-refractivity contribution in [3.8, 4) is 0 Å². The van der Waals surface area contributed by atoms with E-state index in [9.17, 15) is 14.9 Å². The Hall–Kier alpha value is -1.96. The van der Waals surface area contributed by atoms with Crippen molar-refractivity contribution < 1.29 is 9.72 Å². The Morgan fingerprint density at radius 2 is 2.04 bits per heavy atom. The maximum Gasteiger partial charge on any atom is 0.309 e. The fourth-order valence-corrected chi connectivity index (χ4v) is 3.82. The van der Waals surface area contributed by atoms with Crippen molar-refractivity contribution in [2.45, 2.75) is 63.7 Å². The Kier molecular flexibility index (Phi) is 4.09. The lowest BCUT2D eigenvalue weighted by molar-refractivity contribution is -0.385. The van der Waals surface area contributed by atoms with Gasteiger partial charge in [-0.1, -0.05) is 0 Å². The van der Waals surface area contributed by atoms with Crippen LogP contribution in [0.5, 0.6) is 0 Å². The number of hydrogen-bond donors (Lipinski definition) is 1. The van der Waals surface area contributed by atoms with Gasteiger partial charge in [-0.15, -0.1) is 0 Å². The van der Waals surface area contributed by atoms with E-state index in [0.29, 0.717) is 17.8 Å². The molecular weight excluding hydrogens is 298 g/mol. The Morgan fingerprint density at radius 1 is 1.43 bits per heavy atom. The molecule has 1 amide bonds. The summed E-state index contributed by atoms with van der Waals surface area (Å²) in [5.74, 6) is -0.128. The van der Waals surface area contributed by atoms with E-state index in [1.54, 1.807) is 13.8 Å². The van der Waals surface area contributed by atoms with Gasteiger partial charge in [-0.05, 0) is 46.6 Å². The van der Waals surface area contributed by atoms with Crippen LogP contribution in [0.3, 0.4) is 0 Å². The number of carbonyl (C=O) groups is 1. The number of aromatic nitrogens is 2. The van der Waals surface area contributed by atoms with Gasteiger partial charge in [-0.25, -0.2) is 0 Å². The molecule has 1 aromatic rings. The Labute approximate surface area is 135 Å². The quantitative estimate of drug-likeness (QED) is 0.668. The molecule has 0 aromatic carbocycles. The molecule has 8 heteroatoms. The van der Waals surface area contributed by atoms with Crippen molar-refractivity contribution in [2.24, 2.45) is 0 Å². The number of aryl methyl sites for hydroxylation is 1. The average molecular weight is 321 g/mol. The van der Waals surface area contributed by atoms with Crippen LogP contribution in [0, 0.1) is 17.0 Å². The highest BCUT2D eigenvalue weighted by Gasteiger charge is 2.39. The summed E-state index contributed by atoms with van der Waals surface area (Å²) < 4.78 is 1.38. The summed E-state index contributed by atoms with van der Waals surface area (Å²) in [6.07, 6.45) is 5.69. The van der Waals surface area contributed by atoms with Crippen LogP contribution >= 0.6 is 0 Å². The first-order valence-electron chi connectivity index (χ1n) is 8.09. The molecule has 0 radical (unpaired) electrons. The molecule has 3 atom stereocenters. The minimum absolute atomic E-state index is 0.0537. The molecule has 1 N–H and O–H groups in total. The standard InChI is InChI=1S/C15H23N5O3/c1-9-14(20(22)23)8-19(17-9)10(2)15(21)16-11-6-12-4-5-13(7-11)18(12)3/h8,10-13H,4-7H2,1-3H3,(H,16,21). The van der Waals surface area contributed by atoms with Gasteiger partial charge in [-0.2, -0.15) is 5.10 Å². The number of nitro groups is 1. The molecule has 0 spiro atoms. The van der Waals surface area contributed by atoms with Crippen molar-refractivity contribution in [3.05, 3.63) is 22.0 Å². The molecule has 0 aliphatic carbocycles. The summed E-state index contributed by atoms with van der Waals surface area (Å²) in [7, 11) is 2.16. The fraction of sp³-hybridized carbons (Fsp3) is 0.733. The SMILES string of the molecule is Cc1nn(C(C)C(=O)NC2CC3CCC(C2)N3C)cc1[N+](=O)[O-]. The Balaban J connectivity index is 1.64. The first-order valence-corrected chi connectivity index (χ1v) is 8.09. The lowest BCUT2D eigenvalue weighted by Crippen LogP contribution is -2.49. The highest BCUT2D eigenvalue weighted by atomic mass is 16.6. The first-order chi connectivity index (χ1) is 10.9. The van der Waals surface area contributed by atoms with E-state index in [0.717, 1.165) is 12.8 Å². The molecule has 1 aromatic heterocycles. The number of rotatable bonds is 4. The maximum absolute atomic E-state index is 12.5. The van der Waals surface area contributed by atoms with Gasteiger partial charge in [0.25, 0.3) is 0 Å². The van der Waals surface area contributed by atoms with Crippen LogP contribution in [-0.4, -0.2) is 50.7 Å². The lowest BCUT2D eigenvalue weighted by Gasteiger charge is -2.36. The van der Waals surface area contributed by atoms with Crippen molar-refractivity contribution in [1.82, 2.24) is 20.0 Å². The van der Waals surface area contributed by atoms with E-state index in [2.05, 4.69) is 22.4 Å². The summed E-state index contributed by atoms with van der Waals surface area (Å²) in [4.78, 5) is 25.3. The third-order valence-electron chi connectivity index (χ3n) is 5.31. The molecule has 8 nitrogen and oxygen atoms in total. The molecule has 3 heterocycles. The van der Waals surface area contributed by atoms with Gasteiger partial charge in [0.2, 0.25) is 5.91 Å². The molecule has 2 bridgehead atoms. The minimum atomic E-state index is -0.556. The summed E-state index contributed by atoms with van der Waals surface area (Å²) in [5.41, 5.74) is 0.272. The Morgan fingerprint density at radius 3 is 2.57 bits per heavy atom. The number of piperidine rings is 1. The third kappa shape index (κ3) is 2.95. The zero-order valence-electron chi connectivity index (χ0n) is 13.7. The van der Waals surface area contributed by atoms with Gasteiger partial charge in [0.15, 0.2) is 0 Å². The predicted octanol–water partition coefficient (Wildman–Crippen LogP) is 1.40. The molecule has 2 aliphatic rings. The molecule has 23 heavy (non-hydrogen) atoms. The van der Waals surface area contributed by atoms with Crippen LogP contribution in [0.15, 0.2) is 6.20 Å². The number of hydrogen-bond acceptors (Lipinski definition) is 5. The van der Waals surface area contributed by atoms with Crippen LogP contribution in [0.25, 0.3) is 0 Å². The molecule has 0 saturated carbocycles. The minimum Gasteiger partial charge on any atom is -0.351 e. The van der Waals surface area contributed by atoms with Crippen molar-refractivity contribution in [1.29, 1.82) is 0 Å². The van der Waals surface area contributed by atoms with Crippen molar-refractivity contribution in [3.63, 3.8) is 0 Å². The van der Waals surface area contributed by atoms with E-state index in [4.69, 9.17) is 0 Å². The zero-order chi connectivity index (χ0) is 16.7.